The predicted molar refractivity (Wildman–Crippen MR) is 104 cm³/mol. The molecule has 0 aliphatic carbocycles. The van der Waals surface area contributed by atoms with Crippen molar-refractivity contribution in [1.29, 1.82) is 0 Å². The number of amides is 2. The summed E-state index contributed by atoms with van der Waals surface area (Å²) in [6, 6.07) is 6.24. The highest BCUT2D eigenvalue weighted by Gasteiger charge is 2.30. The zero-order valence-electron chi connectivity index (χ0n) is 14.4. The molecule has 1 fully saturated rings. The fourth-order valence-electron chi connectivity index (χ4n) is 3.83. The number of carbonyl (C=O) groups excluding carboxylic acids is 2. The molecular formula is C19H21BrN4O2. The number of fused-ring (bicyclic) bond motifs is 3. The summed E-state index contributed by atoms with van der Waals surface area (Å²) in [5.41, 5.74) is 3.62. The van der Waals surface area contributed by atoms with Crippen molar-refractivity contribution >= 4 is 38.6 Å². The molecule has 2 aliphatic heterocycles. The quantitative estimate of drug-likeness (QED) is 0.743. The molecule has 3 heterocycles. The summed E-state index contributed by atoms with van der Waals surface area (Å²) >= 11 is 3.55. The Morgan fingerprint density at radius 3 is 2.96 bits per heavy atom. The summed E-state index contributed by atoms with van der Waals surface area (Å²) in [4.78, 5) is 25.7. The van der Waals surface area contributed by atoms with Gasteiger partial charge in [0, 0.05) is 53.7 Å². The van der Waals surface area contributed by atoms with Gasteiger partial charge in [0.15, 0.2) is 0 Å². The van der Waals surface area contributed by atoms with Crippen molar-refractivity contribution in [2.24, 2.45) is 0 Å². The SMILES string of the molecule is C=CC(=O)N1CC(NC(=O)Cn2c3c(c4cc(Br)ccc42)CNCC3)C1. The number of nitrogens with zero attached hydrogens (tertiary/aromatic N) is 2. The number of nitrogens with one attached hydrogen (secondary N) is 2. The number of rotatable bonds is 4. The van der Waals surface area contributed by atoms with Crippen molar-refractivity contribution in [3.05, 3.63) is 46.6 Å². The molecule has 1 saturated heterocycles. The van der Waals surface area contributed by atoms with Gasteiger partial charge in [-0.05, 0) is 29.8 Å². The van der Waals surface area contributed by atoms with Crippen LogP contribution in [0.25, 0.3) is 10.9 Å². The average Bonchev–Trinajstić information content (AvgIpc) is 2.90. The summed E-state index contributed by atoms with van der Waals surface area (Å²) < 4.78 is 3.18. The number of likely N-dealkylation sites (tertiary alicyclic amines) is 1. The van der Waals surface area contributed by atoms with Gasteiger partial charge in [0.25, 0.3) is 0 Å². The molecule has 2 aromatic rings. The van der Waals surface area contributed by atoms with Crippen LogP contribution < -0.4 is 10.6 Å². The summed E-state index contributed by atoms with van der Waals surface area (Å²) in [6.45, 7) is 6.65. The second-order valence-corrected chi connectivity index (χ2v) is 7.73. The van der Waals surface area contributed by atoms with E-state index in [1.54, 1.807) is 4.90 Å². The summed E-state index contributed by atoms with van der Waals surface area (Å²) in [7, 11) is 0. The lowest BCUT2D eigenvalue weighted by Gasteiger charge is -2.39. The van der Waals surface area contributed by atoms with Crippen molar-refractivity contribution in [3.63, 3.8) is 0 Å². The Kier molecular flexibility index (Phi) is 4.58. The fourth-order valence-corrected chi connectivity index (χ4v) is 4.19. The Labute approximate surface area is 160 Å². The van der Waals surface area contributed by atoms with Crippen molar-refractivity contribution in [2.45, 2.75) is 25.6 Å². The van der Waals surface area contributed by atoms with Gasteiger partial charge in [-0.1, -0.05) is 22.5 Å². The third kappa shape index (κ3) is 3.05. The molecule has 1 aromatic carbocycles. The Balaban J connectivity index is 1.51. The maximum absolute atomic E-state index is 12.6. The topological polar surface area (TPSA) is 66.4 Å². The first-order valence-electron chi connectivity index (χ1n) is 8.77. The highest BCUT2D eigenvalue weighted by atomic mass is 79.9. The van der Waals surface area contributed by atoms with E-state index >= 15 is 0 Å². The van der Waals surface area contributed by atoms with Crippen molar-refractivity contribution in [2.75, 3.05) is 19.6 Å². The van der Waals surface area contributed by atoms with Gasteiger partial charge in [0.05, 0.1) is 6.04 Å². The van der Waals surface area contributed by atoms with E-state index in [4.69, 9.17) is 0 Å². The normalized spacial score (nSPS) is 16.9. The molecule has 1 aromatic heterocycles. The average molecular weight is 417 g/mol. The predicted octanol–water partition coefficient (Wildman–Crippen LogP) is 1.56. The number of hydrogen-bond donors (Lipinski definition) is 2. The number of halogens is 1. The lowest BCUT2D eigenvalue weighted by Crippen LogP contribution is -2.61. The Hall–Kier alpha value is -2.12. The Bertz CT molecular complexity index is 899. The van der Waals surface area contributed by atoms with Crippen LogP contribution in [0.3, 0.4) is 0 Å². The molecule has 2 aliphatic rings. The number of benzene rings is 1. The lowest BCUT2D eigenvalue weighted by molar-refractivity contribution is -0.133. The first-order chi connectivity index (χ1) is 12.6. The van der Waals surface area contributed by atoms with Gasteiger partial charge in [-0.15, -0.1) is 0 Å². The van der Waals surface area contributed by atoms with E-state index in [1.807, 2.05) is 6.07 Å². The monoisotopic (exact) mass is 416 g/mol. The van der Waals surface area contributed by atoms with Gasteiger partial charge in [0.2, 0.25) is 11.8 Å². The van der Waals surface area contributed by atoms with Gasteiger partial charge in [-0.2, -0.15) is 0 Å². The van der Waals surface area contributed by atoms with Gasteiger partial charge in [-0.25, -0.2) is 0 Å². The summed E-state index contributed by atoms with van der Waals surface area (Å²) in [6.07, 6.45) is 2.22. The molecule has 0 saturated carbocycles. The van der Waals surface area contributed by atoms with Crippen molar-refractivity contribution in [1.82, 2.24) is 20.1 Å². The van der Waals surface area contributed by atoms with Crippen molar-refractivity contribution < 1.29 is 9.59 Å². The van der Waals surface area contributed by atoms with Crippen LogP contribution >= 0.6 is 15.9 Å². The first-order valence-corrected chi connectivity index (χ1v) is 9.57. The van der Waals surface area contributed by atoms with Crippen molar-refractivity contribution in [3.8, 4) is 0 Å². The molecule has 0 spiro atoms. The highest BCUT2D eigenvalue weighted by Crippen LogP contribution is 2.30. The first kappa shape index (κ1) is 17.3. The van der Waals surface area contributed by atoms with E-state index < -0.39 is 0 Å². The second kappa shape index (κ2) is 6.89. The Morgan fingerprint density at radius 1 is 1.38 bits per heavy atom. The molecule has 0 atom stereocenters. The molecule has 7 heteroatoms. The van der Waals surface area contributed by atoms with Gasteiger partial charge in [-0.3, -0.25) is 9.59 Å². The minimum Gasteiger partial charge on any atom is -0.348 e. The lowest BCUT2D eigenvalue weighted by atomic mass is 10.1. The summed E-state index contributed by atoms with van der Waals surface area (Å²) in [5.74, 6) is -0.0964. The van der Waals surface area contributed by atoms with Crippen LogP contribution in [0.4, 0.5) is 0 Å². The minimum absolute atomic E-state index is 0.0122. The molecule has 2 amide bonds. The molecule has 2 N–H and O–H groups in total. The van der Waals surface area contributed by atoms with Crippen LogP contribution in [0.1, 0.15) is 11.3 Å². The van der Waals surface area contributed by atoms with E-state index in [9.17, 15) is 9.59 Å². The number of hydrogen-bond acceptors (Lipinski definition) is 3. The minimum atomic E-state index is -0.0842. The van der Waals surface area contributed by atoms with Gasteiger partial charge in [0.1, 0.15) is 6.54 Å². The van der Waals surface area contributed by atoms with Crippen LogP contribution in [0.5, 0.6) is 0 Å². The zero-order chi connectivity index (χ0) is 18.3. The maximum atomic E-state index is 12.6. The largest absolute Gasteiger partial charge is 0.348 e. The molecule has 4 rings (SSSR count). The van der Waals surface area contributed by atoms with E-state index in [0.29, 0.717) is 19.6 Å². The van der Waals surface area contributed by atoms with Crippen LogP contribution in [0.2, 0.25) is 0 Å². The van der Waals surface area contributed by atoms with Crippen LogP contribution in [0.15, 0.2) is 35.3 Å². The van der Waals surface area contributed by atoms with Crippen LogP contribution in [0, 0.1) is 0 Å². The van der Waals surface area contributed by atoms with E-state index in [0.717, 1.165) is 29.5 Å². The molecule has 0 bridgehead atoms. The van der Waals surface area contributed by atoms with Crippen LogP contribution in [-0.2, 0) is 29.1 Å². The van der Waals surface area contributed by atoms with Gasteiger partial charge < -0.3 is 20.1 Å². The molecule has 0 radical (unpaired) electrons. The highest BCUT2D eigenvalue weighted by molar-refractivity contribution is 9.10. The van der Waals surface area contributed by atoms with Crippen LogP contribution in [-0.4, -0.2) is 47.0 Å². The van der Waals surface area contributed by atoms with Gasteiger partial charge >= 0.3 is 0 Å². The molecule has 136 valence electrons. The molecular weight excluding hydrogens is 396 g/mol. The third-order valence-corrected chi connectivity index (χ3v) is 5.62. The smallest absolute Gasteiger partial charge is 0.246 e. The Morgan fingerprint density at radius 2 is 2.19 bits per heavy atom. The van der Waals surface area contributed by atoms with E-state index in [-0.39, 0.29) is 17.9 Å². The number of carbonyl (C=O) groups is 2. The standard InChI is InChI=1S/C19H21BrN4O2/c1-2-19(26)23-9-13(10-23)22-18(25)11-24-16-4-3-12(20)7-14(16)15-8-21-6-5-17(15)24/h2-4,7,13,21H,1,5-6,8-11H2,(H,22,25). The molecule has 6 nitrogen and oxygen atoms in total. The third-order valence-electron chi connectivity index (χ3n) is 5.12. The second-order valence-electron chi connectivity index (χ2n) is 6.81. The molecule has 0 unspecified atom stereocenters. The van der Waals surface area contributed by atoms with E-state index in [2.05, 4.69) is 49.8 Å². The molecule has 26 heavy (non-hydrogen) atoms. The van der Waals surface area contributed by atoms with E-state index in [1.165, 1.54) is 22.7 Å². The summed E-state index contributed by atoms with van der Waals surface area (Å²) in [5, 5.41) is 7.64. The fraction of sp³-hybridized carbons (Fsp3) is 0.368. The zero-order valence-corrected chi connectivity index (χ0v) is 16.0. The maximum Gasteiger partial charge on any atom is 0.246 e. The number of aromatic nitrogens is 1.